The van der Waals surface area contributed by atoms with E-state index >= 15 is 0 Å². The summed E-state index contributed by atoms with van der Waals surface area (Å²) in [6.07, 6.45) is 0.610. The first kappa shape index (κ1) is 17.2. The van der Waals surface area contributed by atoms with Gasteiger partial charge in [-0.2, -0.15) is 0 Å². The quantitative estimate of drug-likeness (QED) is 0.822. The van der Waals surface area contributed by atoms with Gasteiger partial charge in [-0.25, -0.2) is 0 Å². The van der Waals surface area contributed by atoms with Gasteiger partial charge in [-0.05, 0) is 38.8 Å². The molecule has 0 aliphatic rings. The molecule has 1 atom stereocenters. The predicted octanol–water partition coefficient (Wildman–Crippen LogP) is 2.60. The molecule has 122 valence electrons. The van der Waals surface area contributed by atoms with Gasteiger partial charge in [0, 0.05) is 5.69 Å². The molecule has 0 spiro atoms. The van der Waals surface area contributed by atoms with E-state index in [1.807, 2.05) is 39.0 Å². The maximum absolute atomic E-state index is 12.5. The fraction of sp³-hybridized carbons (Fsp3) is 0.375. The number of hydrogen-bond acceptors (Lipinski definition) is 5. The summed E-state index contributed by atoms with van der Waals surface area (Å²) in [4.78, 5) is 26.7. The van der Waals surface area contributed by atoms with Gasteiger partial charge in [0.1, 0.15) is 5.69 Å². The number of aryl methyl sites for hydroxylation is 3. The third-order valence-corrected chi connectivity index (χ3v) is 4.64. The van der Waals surface area contributed by atoms with Crippen molar-refractivity contribution in [3.63, 3.8) is 0 Å². The Morgan fingerprint density at radius 1 is 1.30 bits per heavy atom. The molecular formula is C16H20N4O2S. The lowest BCUT2D eigenvalue weighted by molar-refractivity contribution is -0.115. The largest absolute Gasteiger partial charge is 0.325 e. The maximum Gasteiger partial charge on any atom is 0.273 e. The van der Waals surface area contributed by atoms with Crippen LogP contribution >= 0.6 is 11.8 Å². The van der Waals surface area contributed by atoms with Crippen molar-refractivity contribution >= 4 is 23.4 Å². The SMILES string of the molecule is CCC(Sc1nnc(C)c(=O)[nH]1)C(=O)Nc1ccc(C)cc1C. The van der Waals surface area contributed by atoms with Gasteiger partial charge in [-0.3, -0.25) is 14.6 Å². The van der Waals surface area contributed by atoms with E-state index in [0.29, 0.717) is 17.3 Å². The van der Waals surface area contributed by atoms with Gasteiger partial charge in [0.05, 0.1) is 5.25 Å². The highest BCUT2D eigenvalue weighted by Gasteiger charge is 2.20. The van der Waals surface area contributed by atoms with Crippen LogP contribution in [0.25, 0.3) is 0 Å². The Morgan fingerprint density at radius 3 is 2.65 bits per heavy atom. The molecule has 1 aromatic carbocycles. The normalized spacial score (nSPS) is 12.0. The van der Waals surface area contributed by atoms with E-state index in [0.717, 1.165) is 16.8 Å². The third kappa shape index (κ3) is 4.41. The van der Waals surface area contributed by atoms with Crippen molar-refractivity contribution in [1.29, 1.82) is 0 Å². The number of carbonyl (C=O) groups is 1. The molecule has 1 unspecified atom stereocenters. The Balaban J connectivity index is 2.11. The van der Waals surface area contributed by atoms with Crippen molar-refractivity contribution in [3.8, 4) is 0 Å². The van der Waals surface area contributed by atoms with Crippen molar-refractivity contribution < 1.29 is 4.79 Å². The minimum absolute atomic E-state index is 0.118. The van der Waals surface area contributed by atoms with Crippen LogP contribution in [0.5, 0.6) is 0 Å². The second kappa shape index (κ2) is 7.41. The smallest absolute Gasteiger partial charge is 0.273 e. The number of anilines is 1. The molecule has 1 amide bonds. The van der Waals surface area contributed by atoms with Crippen molar-refractivity contribution in [2.45, 2.75) is 44.5 Å². The van der Waals surface area contributed by atoms with E-state index < -0.39 is 0 Å². The van der Waals surface area contributed by atoms with E-state index in [9.17, 15) is 9.59 Å². The Hall–Kier alpha value is -2.15. The number of aromatic amines is 1. The lowest BCUT2D eigenvalue weighted by atomic mass is 10.1. The fourth-order valence-corrected chi connectivity index (χ4v) is 2.90. The van der Waals surface area contributed by atoms with Crippen LogP contribution in [0.2, 0.25) is 0 Å². The molecule has 2 rings (SSSR count). The Bertz CT molecular complexity index is 773. The molecule has 7 heteroatoms. The molecule has 1 heterocycles. The number of aromatic nitrogens is 3. The van der Waals surface area contributed by atoms with Crippen molar-refractivity contribution in [1.82, 2.24) is 15.2 Å². The van der Waals surface area contributed by atoms with Crippen LogP contribution < -0.4 is 10.9 Å². The summed E-state index contributed by atoms with van der Waals surface area (Å²) in [5.74, 6) is -0.118. The molecule has 2 N–H and O–H groups in total. The standard InChI is InChI=1S/C16H20N4O2S/c1-5-13(23-16-18-14(21)11(4)19-20-16)15(22)17-12-7-6-9(2)8-10(12)3/h6-8,13H,5H2,1-4H3,(H,17,22)(H,18,20,21). The molecule has 0 fully saturated rings. The second-order valence-electron chi connectivity index (χ2n) is 5.37. The maximum atomic E-state index is 12.5. The molecule has 23 heavy (non-hydrogen) atoms. The van der Waals surface area contributed by atoms with E-state index in [-0.39, 0.29) is 16.7 Å². The van der Waals surface area contributed by atoms with Crippen LogP contribution in [0.1, 0.15) is 30.2 Å². The number of amides is 1. The lowest BCUT2D eigenvalue weighted by Crippen LogP contribution is -2.26. The van der Waals surface area contributed by atoms with Crippen molar-refractivity contribution in [2.75, 3.05) is 5.32 Å². The predicted molar refractivity (Wildman–Crippen MR) is 91.9 cm³/mol. The zero-order chi connectivity index (χ0) is 17.0. The van der Waals surface area contributed by atoms with Crippen LogP contribution in [-0.2, 0) is 4.79 Å². The Morgan fingerprint density at radius 2 is 2.04 bits per heavy atom. The minimum atomic E-state index is -0.358. The summed E-state index contributed by atoms with van der Waals surface area (Å²) in [5, 5.41) is 10.6. The molecule has 0 radical (unpaired) electrons. The van der Waals surface area contributed by atoms with Gasteiger partial charge in [0.2, 0.25) is 5.91 Å². The molecule has 6 nitrogen and oxygen atoms in total. The molecule has 0 bridgehead atoms. The lowest BCUT2D eigenvalue weighted by Gasteiger charge is -2.15. The number of benzene rings is 1. The topological polar surface area (TPSA) is 87.7 Å². The molecule has 0 saturated carbocycles. The van der Waals surface area contributed by atoms with E-state index in [1.54, 1.807) is 6.92 Å². The van der Waals surface area contributed by atoms with Crippen LogP contribution in [0.3, 0.4) is 0 Å². The van der Waals surface area contributed by atoms with Crippen molar-refractivity contribution in [2.24, 2.45) is 0 Å². The van der Waals surface area contributed by atoms with Gasteiger partial charge in [-0.1, -0.05) is 36.4 Å². The zero-order valence-electron chi connectivity index (χ0n) is 13.6. The molecule has 0 aliphatic carbocycles. The number of hydrogen-bond donors (Lipinski definition) is 2. The molecular weight excluding hydrogens is 312 g/mol. The average molecular weight is 332 g/mol. The van der Waals surface area contributed by atoms with E-state index in [2.05, 4.69) is 20.5 Å². The summed E-state index contributed by atoms with van der Waals surface area (Å²) >= 11 is 1.21. The first-order valence-corrected chi connectivity index (χ1v) is 8.27. The summed E-state index contributed by atoms with van der Waals surface area (Å²) < 4.78 is 0. The van der Waals surface area contributed by atoms with Crippen LogP contribution in [0, 0.1) is 20.8 Å². The third-order valence-electron chi connectivity index (χ3n) is 3.40. The van der Waals surface area contributed by atoms with Gasteiger partial charge < -0.3 is 5.32 Å². The summed E-state index contributed by atoms with van der Waals surface area (Å²) in [7, 11) is 0. The molecule has 0 aliphatic heterocycles. The first-order valence-electron chi connectivity index (χ1n) is 7.39. The van der Waals surface area contributed by atoms with Crippen LogP contribution in [0.15, 0.2) is 28.2 Å². The fourth-order valence-electron chi connectivity index (χ4n) is 2.06. The number of carbonyl (C=O) groups excluding carboxylic acids is 1. The second-order valence-corrected chi connectivity index (χ2v) is 6.56. The number of rotatable bonds is 5. The van der Waals surface area contributed by atoms with E-state index in [1.165, 1.54) is 11.8 Å². The first-order chi connectivity index (χ1) is 10.9. The highest BCUT2D eigenvalue weighted by atomic mass is 32.2. The highest BCUT2D eigenvalue weighted by Crippen LogP contribution is 2.23. The van der Waals surface area contributed by atoms with E-state index in [4.69, 9.17) is 0 Å². The number of thioether (sulfide) groups is 1. The van der Waals surface area contributed by atoms with Gasteiger partial charge in [0.15, 0.2) is 5.16 Å². The zero-order valence-corrected chi connectivity index (χ0v) is 14.5. The Labute approximate surface area is 139 Å². The Kier molecular flexibility index (Phi) is 5.54. The van der Waals surface area contributed by atoms with Crippen molar-refractivity contribution in [3.05, 3.63) is 45.4 Å². The molecule has 1 aromatic heterocycles. The van der Waals surface area contributed by atoms with Gasteiger partial charge in [0.25, 0.3) is 5.56 Å². The molecule has 2 aromatic rings. The number of nitrogens with one attached hydrogen (secondary N) is 2. The number of H-pyrrole nitrogens is 1. The number of nitrogens with zero attached hydrogens (tertiary/aromatic N) is 2. The average Bonchev–Trinajstić information content (AvgIpc) is 2.51. The highest BCUT2D eigenvalue weighted by molar-refractivity contribution is 8.00. The van der Waals surface area contributed by atoms with Gasteiger partial charge >= 0.3 is 0 Å². The van der Waals surface area contributed by atoms with Crippen LogP contribution in [0.4, 0.5) is 5.69 Å². The summed E-state index contributed by atoms with van der Waals surface area (Å²) in [6, 6.07) is 5.87. The minimum Gasteiger partial charge on any atom is -0.325 e. The monoisotopic (exact) mass is 332 g/mol. The van der Waals surface area contributed by atoms with Gasteiger partial charge in [-0.15, -0.1) is 10.2 Å². The van der Waals surface area contributed by atoms with Crippen LogP contribution in [-0.4, -0.2) is 26.3 Å². The summed E-state index contributed by atoms with van der Waals surface area (Å²) in [5.41, 5.74) is 2.98. The molecule has 0 saturated heterocycles. The summed E-state index contributed by atoms with van der Waals surface area (Å²) in [6.45, 7) is 7.47.